The summed E-state index contributed by atoms with van der Waals surface area (Å²) in [5.74, 6) is 0.944. The number of hydrogen-bond acceptors (Lipinski definition) is 5. The number of carbonyl (C=O) groups is 1. The summed E-state index contributed by atoms with van der Waals surface area (Å²) in [6.45, 7) is 8.92. The predicted molar refractivity (Wildman–Crippen MR) is 127 cm³/mol. The van der Waals surface area contributed by atoms with Gasteiger partial charge in [0.05, 0.1) is 25.9 Å². The Morgan fingerprint density at radius 1 is 1.09 bits per heavy atom. The largest absolute Gasteiger partial charge is 0.497 e. The second kappa shape index (κ2) is 10.4. The van der Waals surface area contributed by atoms with Crippen molar-refractivity contribution in [1.82, 2.24) is 10.2 Å². The lowest BCUT2D eigenvalue weighted by molar-refractivity contribution is -0.124. The molecule has 0 radical (unpaired) electrons. The molecule has 2 aliphatic rings. The van der Waals surface area contributed by atoms with E-state index in [0.717, 1.165) is 45.0 Å². The predicted octanol–water partition coefficient (Wildman–Crippen LogP) is 3.27. The molecule has 1 fully saturated rings. The van der Waals surface area contributed by atoms with Crippen LogP contribution in [0.2, 0.25) is 0 Å². The van der Waals surface area contributed by atoms with E-state index in [2.05, 4.69) is 51.5 Å². The fraction of sp³-hybridized carbons (Fsp3) is 0.500. The van der Waals surface area contributed by atoms with E-state index in [-0.39, 0.29) is 24.0 Å². The van der Waals surface area contributed by atoms with Crippen molar-refractivity contribution < 1.29 is 14.3 Å². The Balaban J connectivity index is 1.49. The van der Waals surface area contributed by atoms with Gasteiger partial charge < -0.3 is 19.7 Å². The minimum Gasteiger partial charge on any atom is -0.497 e. The number of hydrogen-bond donors (Lipinski definition) is 1. The van der Waals surface area contributed by atoms with Gasteiger partial charge in [-0.2, -0.15) is 0 Å². The number of nitrogens with one attached hydrogen (secondary N) is 1. The summed E-state index contributed by atoms with van der Waals surface area (Å²) < 4.78 is 11.6. The molecule has 0 aliphatic carbocycles. The van der Waals surface area contributed by atoms with Gasteiger partial charge in [-0.05, 0) is 41.8 Å². The van der Waals surface area contributed by atoms with Crippen molar-refractivity contribution in [2.24, 2.45) is 5.92 Å². The molecule has 1 amide bonds. The van der Waals surface area contributed by atoms with Crippen LogP contribution in [0.3, 0.4) is 0 Å². The molecule has 0 saturated carbocycles. The summed E-state index contributed by atoms with van der Waals surface area (Å²) >= 11 is 0. The van der Waals surface area contributed by atoms with Crippen molar-refractivity contribution in [3.8, 4) is 5.75 Å². The zero-order valence-electron chi connectivity index (χ0n) is 19.4. The molecule has 2 aromatic rings. The minimum atomic E-state index is -0.0278. The number of ether oxygens (including phenoxy) is 2. The lowest BCUT2D eigenvalue weighted by Crippen LogP contribution is -2.56. The lowest BCUT2D eigenvalue weighted by atomic mass is 9.92. The molecule has 4 rings (SSSR count). The Bertz CT molecular complexity index is 891. The van der Waals surface area contributed by atoms with Gasteiger partial charge in [0, 0.05) is 44.3 Å². The molecular weight excluding hydrogens is 402 g/mol. The molecule has 172 valence electrons. The van der Waals surface area contributed by atoms with Gasteiger partial charge >= 0.3 is 0 Å². The fourth-order valence-corrected chi connectivity index (χ4v) is 4.69. The molecule has 2 unspecified atom stereocenters. The van der Waals surface area contributed by atoms with Crippen molar-refractivity contribution in [3.05, 3.63) is 59.7 Å². The van der Waals surface area contributed by atoms with E-state index < -0.39 is 0 Å². The van der Waals surface area contributed by atoms with Crippen LogP contribution in [-0.2, 0) is 16.0 Å². The Morgan fingerprint density at radius 3 is 2.50 bits per heavy atom. The van der Waals surface area contributed by atoms with Crippen molar-refractivity contribution in [1.29, 1.82) is 0 Å². The molecular formula is C26H35N3O3. The van der Waals surface area contributed by atoms with E-state index >= 15 is 0 Å². The van der Waals surface area contributed by atoms with Crippen LogP contribution in [0, 0.1) is 5.92 Å². The summed E-state index contributed by atoms with van der Waals surface area (Å²) in [7, 11) is 1.69. The number of amides is 1. The van der Waals surface area contributed by atoms with E-state index in [1.165, 1.54) is 16.8 Å². The molecule has 32 heavy (non-hydrogen) atoms. The lowest BCUT2D eigenvalue weighted by Gasteiger charge is -2.44. The number of carbonyl (C=O) groups excluding carboxylic acids is 1. The number of rotatable bonds is 7. The number of piperazine rings is 1. The maximum atomic E-state index is 12.4. The maximum absolute atomic E-state index is 12.4. The third-order valence-corrected chi connectivity index (χ3v) is 6.61. The maximum Gasteiger partial charge on any atom is 0.222 e. The van der Waals surface area contributed by atoms with Gasteiger partial charge in [-0.1, -0.05) is 38.1 Å². The normalized spacial score (nSPS) is 20.0. The second-order valence-corrected chi connectivity index (χ2v) is 8.93. The van der Waals surface area contributed by atoms with Crippen molar-refractivity contribution in [3.63, 3.8) is 0 Å². The molecule has 0 aromatic heterocycles. The second-order valence-electron chi connectivity index (χ2n) is 8.93. The number of fused-ring (bicyclic) bond motifs is 1. The molecule has 6 heteroatoms. The molecule has 2 aromatic carbocycles. The molecule has 0 bridgehead atoms. The van der Waals surface area contributed by atoms with Crippen LogP contribution in [0.5, 0.6) is 5.75 Å². The molecule has 2 heterocycles. The average molecular weight is 438 g/mol. The zero-order chi connectivity index (χ0) is 22.5. The van der Waals surface area contributed by atoms with Gasteiger partial charge in [-0.3, -0.25) is 9.69 Å². The summed E-state index contributed by atoms with van der Waals surface area (Å²) in [6.07, 6.45) is 0.920. The summed E-state index contributed by atoms with van der Waals surface area (Å²) in [4.78, 5) is 17.3. The highest BCUT2D eigenvalue weighted by Crippen LogP contribution is 2.33. The van der Waals surface area contributed by atoms with Crippen LogP contribution in [-0.4, -0.2) is 63.3 Å². The molecule has 6 nitrogen and oxygen atoms in total. The highest BCUT2D eigenvalue weighted by Gasteiger charge is 2.35. The standard InChI is InChI=1S/C26H35N3O3/c1-19(2)26(30)27-18-24(25-23-7-5-4-6-20(23)12-17-32-25)29-15-13-28(14-16-29)21-8-10-22(31-3)11-9-21/h4-11,19,24-25H,12-18H2,1-3H3,(H,27,30). The first-order valence-electron chi connectivity index (χ1n) is 11.7. The van der Waals surface area contributed by atoms with E-state index in [0.29, 0.717) is 6.54 Å². The van der Waals surface area contributed by atoms with Crippen molar-refractivity contribution >= 4 is 11.6 Å². The van der Waals surface area contributed by atoms with Crippen molar-refractivity contribution in [2.75, 3.05) is 51.3 Å². The number of nitrogens with zero attached hydrogens (tertiary/aromatic N) is 2. The van der Waals surface area contributed by atoms with Gasteiger partial charge in [-0.25, -0.2) is 0 Å². The van der Waals surface area contributed by atoms with Crippen LogP contribution in [0.25, 0.3) is 0 Å². The smallest absolute Gasteiger partial charge is 0.222 e. The zero-order valence-corrected chi connectivity index (χ0v) is 19.4. The van der Waals surface area contributed by atoms with E-state index in [4.69, 9.17) is 9.47 Å². The van der Waals surface area contributed by atoms with Crippen LogP contribution in [0.15, 0.2) is 48.5 Å². The first-order chi connectivity index (χ1) is 15.6. The quantitative estimate of drug-likeness (QED) is 0.721. The van der Waals surface area contributed by atoms with Gasteiger partial charge in [0.1, 0.15) is 5.75 Å². The summed E-state index contributed by atoms with van der Waals surface area (Å²) in [6, 6.07) is 17.0. The van der Waals surface area contributed by atoms with Crippen LogP contribution in [0.1, 0.15) is 31.1 Å². The van der Waals surface area contributed by atoms with Crippen LogP contribution < -0.4 is 15.0 Å². The molecule has 2 atom stereocenters. The van der Waals surface area contributed by atoms with E-state index in [1.54, 1.807) is 7.11 Å². The molecule has 1 N–H and O–H groups in total. The van der Waals surface area contributed by atoms with Gasteiger partial charge in [-0.15, -0.1) is 0 Å². The average Bonchev–Trinajstić information content (AvgIpc) is 2.84. The number of anilines is 1. The molecule has 1 saturated heterocycles. The Labute approximate surface area is 191 Å². The Kier molecular flexibility index (Phi) is 7.33. The molecule has 0 spiro atoms. The third-order valence-electron chi connectivity index (χ3n) is 6.61. The monoisotopic (exact) mass is 437 g/mol. The first kappa shape index (κ1) is 22.6. The Hall–Kier alpha value is -2.57. The van der Waals surface area contributed by atoms with E-state index in [1.807, 2.05) is 26.0 Å². The van der Waals surface area contributed by atoms with Gasteiger partial charge in [0.2, 0.25) is 5.91 Å². The van der Waals surface area contributed by atoms with Crippen molar-refractivity contribution in [2.45, 2.75) is 32.4 Å². The summed E-state index contributed by atoms with van der Waals surface area (Å²) in [5, 5.41) is 3.18. The Morgan fingerprint density at radius 2 is 1.81 bits per heavy atom. The number of methoxy groups -OCH3 is 1. The number of benzene rings is 2. The van der Waals surface area contributed by atoms with Crippen LogP contribution >= 0.6 is 0 Å². The van der Waals surface area contributed by atoms with Gasteiger partial charge in [0.15, 0.2) is 0 Å². The topological polar surface area (TPSA) is 54.0 Å². The molecule has 2 aliphatic heterocycles. The third kappa shape index (κ3) is 5.08. The highest BCUT2D eigenvalue weighted by atomic mass is 16.5. The SMILES string of the molecule is COc1ccc(N2CCN(C(CNC(=O)C(C)C)C3OCCc4ccccc43)CC2)cc1. The fourth-order valence-electron chi connectivity index (χ4n) is 4.69. The summed E-state index contributed by atoms with van der Waals surface area (Å²) in [5.41, 5.74) is 3.84. The van der Waals surface area contributed by atoms with Crippen LogP contribution in [0.4, 0.5) is 5.69 Å². The van der Waals surface area contributed by atoms with E-state index in [9.17, 15) is 4.79 Å². The minimum absolute atomic E-state index is 0.0258. The highest BCUT2D eigenvalue weighted by molar-refractivity contribution is 5.77. The van der Waals surface area contributed by atoms with Gasteiger partial charge in [0.25, 0.3) is 0 Å². The first-order valence-corrected chi connectivity index (χ1v) is 11.7.